The van der Waals surface area contributed by atoms with E-state index in [1.165, 1.54) is 12.1 Å². The summed E-state index contributed by atoms with van der Waals surface area (Å²) in [7, 11) is 0. The lowest BCUT2D eigenvalue weighted by molar-refractivity contribution is -0.124. The van der Waals surface area contributed by atoms with E-state index in [1.807, 2.05) is 0 Å². The van der Waals surface area contributed by atoms with Gasteiger partial charge in [-0.1, -0.05) is 30.3 Å². The van der Waals surface area contributed by atoms with Crippen molar-refractivity contribution in [2.75, 3.05) is 13.2 Å². The Bertz CT molecular complexity index is 626. The number of halogens is 1. The molecule has 114 valence electrons. The van der Waals surface area contributed by atoms with Crippen LogP contribution >= 0.6 is 0 Å². The summed E-state index contributed by atoms with van der Waals surface area (Å²) in [6, 6.07) is 14.5. The quantitative estimate of drug-likeness (QED) is 0.833. The molecule has 0 fully saturated rings. The van der Waals surface area contributed by atoms with Crippen molar-refractivity contribution in [3.8, 4) is 0 Å². The first-order valence-electron chi connectivity index (χ1n) is 6.88. The van der Waals surface area contributed by atoms with Gasteiger partial charge in [-0.2, -0.15) is 0 Å². The van der Waals surface area contributed by atoms with Crippen LogP contribution < -0.4 is 5.32 Å². The van der Waals surface area contributed by atoms with Crippen LogP contribution in [0.2, 0.25) is 0 Å². The minimum Gasteiger partial charge on any atom is -0.452 e. The number of carbonyl (C=O) groups excluding carboxylic acids is 2. The summed E-state index contributed by atoms with van der Waals surface area (Å²) in [6.07, 6.45) is 0.582. The van der Waals surface area contributed by atoms with Crippen molar-refractivity contribution in [3.63, 3.8) is 0 Å². The van der Waals surface area contributed by atoms with Gasteiger partial charge in [-0.05, 0) is 36.2 Å². The monoisotopic (exact) mass is 301 g/mol. The maximum absolute atomic E-state index is 12.7. The Morgan fingerprint density at radius 3 is 2.36 bits per heavy atom. The van der Waals surface area contributed by atoms with Gasteiger partial charge in [0.1, 0.15) is 5.82 Å². The van der Waals surface area contributed by atoms with E-state index in [2.05, 4.69) is 5.32 Å². The average molecular weight is 301 g/mol. The van der Waals surface area contributed by atoms with Gasteiger partial charge in [0, 0.05) is 6.54 Å². The van der Waals surface area contributed by atoms with E-state index in [1.54, 1.807) is 42.5 Å². The number of amides is 1. The van der Waals surface area contributed by atoms with Crippen LogP contribution in [0.15, 0.2) is 54.6 Å². The zero-order valence-electron chi connectivity index (χ0n) is 11.9. The van der Waals surface area contributed by atoms with Gasteiger partial charge in [-0.25, -0.2) is 9.18 Å². The highest BCUT2D eigenvalue weighted by molar-refractivity contribution is 5.91. The van der Waals surface area contributed by atoms with E-state index in [4.69, 9.17) is 4.74 Å². The van der Waals surface area contributed by atoms with E-state index >= 15 is 0 Å². The highest BCUT2D eigenvalue weighted by Gasteiger charge is 2.09. The van der Waals surface area contributed by atoms with Gasteiger partial charge >= 0.3 is 5.97 Å². The summed E-state index contributed by atoms with van der Waals surface area (Å²) in [4.78, 5) is 23.2. The summed E-state index contributed by atoms with van der Waals surface area (Å²) in [5.74, 6) is -1.19. The van der Waals surface area contributed by atoms with Crippen LogP contribution in [0, 0.1) is 5.82 Å². The van der Waals surface area contributed by atoms with Crippen LogP contribution in [0.1, 0.15) is 15.9 Å². The number of hydrogen-bond donors (Lipinski definition) is 1. The van der Waals surface area contributed by atoms with Crippen molar-refractivity contribution in [2.45, 2.75) is 6.42 Å². The molecule has 0 bridgehead atoms. The number of benzene rings is 2. The number of esters is 1. The molecule has 0 aliphatic rings. The molecule has 0 aliphatic heterocycles. The summed E-state index contributed by atoms with van der Waals surface area (Å²) >= 11 is 0. The third-order valence-corrected chi connectivity index (χ3v) is 2.99. The first kappa shape index (κ1) is 15.7. The van der Waals surface area contributed by atoms with Gasteiger partial charge in [0.05, 0.1) is 5.56 Å². The number of ether oxygens (including phenoxy) is 1. The van der Waals surface area contributed by atoms with Crippen LogP contribution in [0.5, 0.6) is 0 Å². The lowest BCUT2D eigenvalue weighted by Gasteiger charge is -2.07. The van der Waals surface area contributed by atoms with Crippen molar-refractivity contribution in [1.29, 1.82) is 0 Å². The molecule has 2 rings (SSSR count). The van der Waals surface area contributed by atoms with Crippen LogP contribution in [0.25, 0.3) is 0 Å². The van der Waals surface area contributed by atoms with E-state index in [0.29, 0.717) is 18.5 Å². The fraction of sp³-hybridized carbons (Fsp3) is 0.176. The Labute approximate surface area is 127 Å². The van der Waals surface area contributed by atoms with Gasteiger partial charge < -0.3 is 10.1 Å². The van der Waals surface area contributed by atoms with E-state index < -0.39 is 5.97 Å². The number of hydrogen-bond acceptors (Lipinski definition) is 3. The molecule has 0 saturated heterocycles. The number of rotatable bonds is 6. The second-order valence-corrected chi connectivity index (χ2v) is 4.67. The van der Waals surface area contributed by atoms with Gasteiger partial charge in [0.25, 0.3) is 5.91 Å². The third-order valence-electron chi connectivity index (χ3n) is 2.99. The van der Waals surface area contributed by atoms with Gasteiger partial charge in [0.2, 0.25) is 0 Å². The molecule has 5 heteroatoms. The number of carbonyl (C=O) groups is 2. The average Bonchev–Trinajstić information content (AvgIpc) is 2.55. The molecule has 1 amide bonds. The smallest absolute Gasteiger partial charge is 0.338 e. The molecule has 0 aliphatic carbocycles. The summed E-state index contributed by atoms with van der Waals surface area (Å²) in [5, 5.41) is 2.64. The maximum atomic E-state index is 12.7. The lowest BCUT2D eigenvalue weighted by Crippen LogP contribution is -2.30. The normalized spacial score (nSPS) is 10.0. The van der Waals surface area contributed by atoms with Crippen LogP contribution in [-0.4, -0.2) is 25.0 Å². The zero-order valence-corrected chi connectivity index (χ0v) is 11.9. The molecule has 0 heterocycles. The Morgan fingerprint density at radius 1 is 1.00 bits per heavy atom. The first-order chi connectivity index (χ1) is 10.6. The minimum absolute atomic E-state index is 0.291. The highest BCUT2D eigenvalue weighted by Crippen LogP contribution is 2.03. The van der Waals surface area contributed by atoms with Gasteiger partial charge in [-0.3, -0.25) is 4.79 Å². The van der Waals surface area contributed by atoms with Gasteiger partial charge in [0.15, 0.2) is 6.61 Å². The molecule has 2 aromatic carbocycles. The molecule has 0 unspecified atom stereocenters. The second-order valence-electron chi connectivity index (χ2n) is 4.67. The Kier molecular flexibility index (Phi) is 5.65. The first-order valence-corrected chi connectivity index (χ1v) is 6.88. The van der Waals surface area contributed by atoms with E-state index in [0.717, 1.165) is 5.56 Å². The predicted molar refractivity (Wildman–Crippen MR) is 79.8 cm³/mol. The maximum Gasteiger partial charge on any atom is 0.338 e. The molecule has 4 nitrogen and oxygen atoms in total. The summed E-state index contributed by atoms with van der Waals surface area (Å²) in [6.45, 7) is 0.0739. The predicted octanol–water partition coefficient (Wildman–Crippen LogP) is 2.34. The SMILES string of the molecule is O=C(COC(=O)c1ccccc1)NCCc1ccc(F)cc1. The number of nitrogens with one attached hydrogen (secondary N) is 1. The molecule has 0 atom stereocenters. The second kappa shape index (κ2) is 7.93. The summed E-state index contributed by atoms with van der Waals surface area (Å²) in [5.41, 5.74) is 1.32. The molecule has 0 spiro atoms. The van der Waals surface area contributed by atoms with Crippen LogP contribution in [-0.2, 0) is 16.0 Å². The third kappa shape index (κ3) is 5.01. The fourth-order valence-corrected chi connectivity index (χ4v) is 1.84. The molecule has 0 radical (unpaired) electrons. The van der Waals surface area contributed by atoms with E-state index in [9.17, 15) is 14.0 Å². The molecule has 0 aromatic heterocycles. The van der Waals surface area contributed by atoms with Crippen LogP contribution in [0.4, 0.5) is 4.39 Å². The Balaban J connectivity index is 1.68. The van der Waals surface area contributed by atoms with Crippen molar-refractivity contribution in [1.82, 2.24) is 5.32 Å². The van der Waals surface area contributed by atoms with E-state index in [-0.39, 0.29) is 18.3 Å². The molecule has 2 aromatic rings. The topological polar surface area (TPSA) is 55.4 Å². The molecular weight excluding hydrogens is 285 g/mol. The Hall–Kier alpha value is -2.69. The highest BCUT2D eigenvalue weighted by atomic mass is 19.1. The van der Waals surface area contributed by atoms with Crippen molar-refractivity contribution < 1.29 is 18.7 Å². The molecule has 1 N–H and O–H groups in total. The summed E-state index contributed by atoms with van der Waals surface area (Å²) < 4.78 is 17.6. The van der Waals surface area contributed by atoms with Crippen LogP contribution in [0.3, 0.4) is 0 Å². The zero-order chi connectivity index (χ0) is 15.8. The van der Waals surface area contributed by atoms with Gasteiger partial charge in [-0.15, -0.1) is 0 Å². The molecular formula is C17H16FNO3. The largest absolute Gasteiger partial charge is 0.452 e. The van der Waals surface area contributed by atoms with Crippen molar-refractivity contribution >= 4 is 11.9 Å². The molecule has 22 heavy (non-hydrogen) atoms. The molecule has 0 saturated carbocycles. The fourth-order valence-electron chi connectivity index (χ4n) is 1.84. The standard InChI is InChI=1S/C17H16FNO3/c18-15-8-6-13(7-9-15)10-11-19-16(20)12-22-17(21)14-4-2-1-3-5-14/h1-9H,10-12H2,(H,19,20). The van der Waals surface area contributed by atoms with Crippen molar-refractivity contribution in [2.24, 2.45) is 0 Å². The lowest BCUT2D eigenvalue weighted by atomic mass is 10.1. The van der Waals surface area contributed by atoms with Crippen molar-refractivity contribution in [3.05, 3.63) is 71.5 Å². The minimum atomic E-state index is -0.533. The Morgan fingerprint density at radius 2 is 1.68 bits per heavy atom.